The molecule has 7 nitrogen and oxygen atoms in total. The molecule has 0 amide bonds. The van der Waals surface area contributed by atoms with Gasteiger partial charge in [-0.2, -0.15) is 17.8 Å². The highest BCUT2D eigenvalue weighted by Crippen LogP contribution is 2.22. The smallest absolute Gasteiger partial charge is 0.263 e. The monoisotopic (exact) mass is 287 g/mol. The fraction of sp³-hybridized carbons (Fsp3) is 0.818. The van der Waals surface area contributed by atoms with E-state index in [1.54, 1.807) is 7.05 Å². The molecule has 1 aromatic heterocycles. The van der Waals surface area contributed by atoms with Gasteiger partial charge >= 0.3 is 0 Å². The molecule has 2 N–H and O–H groups in total. The first-order valence-corrected chi connectivity index (χ1v) is 8.10. The molecule has 0 atom stereocenters. The lowest BCUT2D eigenvalue weighted by Crippen LogP contribution is -2.45. The Balaban J connectivity index is 1.83. The van der Waals surface area contributed by atoms with Crippen molar-refractivity contribution in [2.75, 3.05) is 13.6 Å². The van der Waals surface area contributed by atoms with Crippen LogP contribution in [0, 0.1) is 0 Å². The van der Waals surface area contributed by atoms with Crippen molar-refractivity contribution in [1.29, 1.82) is 0 Å². The predicted molar refractivity (Wildman–Crippen MR) is 71.6 cm³/mol. The van der Waals surface area contributed by atoms with Crippen molar-refractivity contribution >= 4 is 10.2 Å². The Morgan fingerprint density at radius 3 is 2.79 bits per heavy atom. The van der Waals surface area contributed by atoms with Gasteiger partial charge in [-0.05, 0) is 12.8 Å². The maximum absolute atomic E-state index is 12.1. The Morgan fingerprint density at radius 2 is 2.16 bits per heavy atom. The minimum atomic E-state index is -3.39. The van der Waals surface area contributed by atoms with Crippen LogP contribution in [0.3, 0.4) is 0 Å². The zero-order valence-corrected chi connectivity index (χ0v) is 12.0. The van der Waals surface area contributed by atoms with Gasteiger partial charge in [-0.3, -0.25) is 5.10 Å². The Morgan fingerprint density at radius 1 is 1.42 bits per heavy atom. The third kappa shape index (κ3) is 3.99. The van der Waals surface area contributed by atoms with E-state index >= 15 is 0 Å². The summed E-state index contributed by atoms with van der Waals surface area (Å²) in [6.45, 7) is 0.328. The SMILES string of the molecule is CN(C1CCCCC1)S(=O)(=O)NCCc1ncn[nH]1. The van der Waals surface area contributed by atoms with E-state index in [4.69, 9.17) is 0 Å². The molecule has 0 radical (unpaired) electrons. The van der Waals surface area contributed by atoms with Crippen LogP contribution in [0.2, 0.25) is 0 Å². The number of H-pyrrole nitrogens is 1. The molecule has 0 unspecified atom stereocenters. The standard InChI is InChI=1S/C11H21N5O2S/c1-16(10-5-3-2-4-6-10)19(17,18)14-8-7-11-12-9-13-15-11/h9-10,14H,2-8H2,1H3,(H,12,13,15). The lowest BCUT2D eigenvalue weighted by molar-refractivity contribution is 0.283. The third-order valence-electron chi connectivity index (χ3n) is 3.58. The normalized spacial score (nSPS) is 18.0. The molecule has 8 heteroatoms. The van der Waals surface area contributed by atoms with E-state index in [9.17, 15) is 8.42 Å². The minimum Gasteiger partial charge on any atom is -0.263 e. The van der Waals surface area contributed by atoms with E-state index in [0.29, 0.717) is 18.8 Å². The molecule has 0 spiro atoms. The van der Waals surface area contributed by atoms with Crippen LogP contribution < -0.4 is 4.72 Å². The lowest BCUT2D eigenvalue weighted by Gasteiger charge is -2.30. The van der Waals surface area contributed by atoms with Crippen LogP contribution in [0.25, 0.3) is 0 Å². The van der Waals surface area contributed by atoms with Gasteiger partial charge in [0.25, 0.3) is 10.2 Å². The molecule has 1 heterocycles. The molecular formula is C11H21N5O2S. The van der Waals surface area contributed by atoms with E-state index in [1.165, 1.54) is 17.1 Å². The van der Waals surface area contributed by atoms with E-state index in [2.05, 4.69) is 19.9 Å². The molecule has 0 aliphatic heterocycles. The zero-order valence-electron chi connectivity index (χ0n) is 11.2. The van der Waals surface area contributed by atoms with Crippen LogP contribution >= 0.6 is 0 Å². The van der Waals surface area contributed by atoms with E-state index in [0.717, 1.165) is 25.7 Å². The summed E-state index contributed by atoms with van der Waals surface area (Å²) in [5, 5.41) is 6.43. The minimum absolute atomic E-state index is 0.136. The number of aromatic amines is 1. The first kappa shape index (κ1) is 14.4. The average Bonchev–Trinajstić information content (AvgIpc) is 2.92. The molecule has 0 aromatic carbocycles. The van der Waals surface area contributed by atoms with Gasteiger partial charge in [-0.1, -0.05) is 19.3 Å². The van der Waals surface area contributed by atoms with Crippen LogP contribution in [-0.4, -0.2) is 47.5 Å². The van der Waals surface area contributed by atoms with Gasteiger partial charge in [-0.25, -0.2) is 9.71 Å². The summed E-state index contributed by atoms with van der Waals surface area (Å²) in [4.78, 5) is 3.96. The maximum atomic E-state index is 12.1. The number of nitrogens with zero attached hydrogens (tertiary/aromatic N) is 3. The van der Waals surface area contributed by atoms with Crippen molar-refractivity contribution < 1.29 is 8.42 Å². The summed E-state index contributed by atoms with van der Waals surface area (Å²) in [5.74, 6) is 0.683. The second-order valence-electron chi connectivity index (χ2n) is 4.89. The summed E-state index contributed by atoms with van der Waals surface area (Å²) in [6.07, 6.45) is 7.28. The van der Waals surface area contributed by atoms with E-state index in [-0.39, 0.29) is 6.04 Å². The zero-order chi connectivity index (χ0) is 13.7. The highest BCUT2D eigenvalue weighted by Gasteiger charge is 2.26. The van der Waals surface area contributed by atoms with Gasteiger partial charge in [0.05, 0.1) is 0 Å². The highest BCUT2D eigenvalue weighted by molar-refractivity contribution is 7.87. The molecule has 1 aliphatic rings. The lowest BCUT2D eigenvalue weighted by atomic mass is 9.96. The number of rotatable bonds is 6. The van der Waals surface area contributed by atoms with Gasteiger partial charge in [0.15, 0.2) is 0 Å². The van der Waals surface area contributed by atoms with Crippen molar-refractivity contribution in [2.24, 2.45) is 0 Å². The quantitative estimate of drug-likeness (QED) is 0.794. The number of aromatic nitrogens is 3. The van der Waals surface area contributed by atoms with Crippen LogP contribution in [-0.2, 0) is 16.6 Å². The van der Waals surface area contributed by atoms with Crippen molar-refractivity contribution in [2.45, 2.75) is 44.6 Å². The first-order valence-electron chi connectivity index (χ1n) is 6.66. The average molecular weight is 287 g/mol. The molecule has 0 bridgehead atoms. The topological polar surface area (TPSA) is 91.0 Å². The molecule has 2 rings (SSSR count). The molecule has 1 aromatic rings. The third-order valence-corrected chi connectivity index (χ3v) is 5.20. The van der Waals surface area contributed by atoms with E-state index < -0.39 is 10.2 Å². The van der Waals surface area contributed by atoms with Crippen molar-refractivity contribution in [3.63, 3.8) is 0 Å². The molecular weight excluding hydrogens is 266 g/mol. The Kier molecular flexibility index (Phi) is 4.89. The summed E-state index contributed by atoms with van der Waals surface area (Å²) in [7, 11) is -1.73. The summed E-state index contributed by atoms with van der Waals surface area (Å²) in [6, 6.07) is 0.136. The van der Waals surface area contributed by atoms with E-state index in [1.807, 2.05) is 0 Å². The molecule has 1 saturated carbocycles. The second kappa shape index (κ2) is 6.44. The number of nitrogens with one attached hydrogen (secondary N) is 2. The molecule has 1 aliphatic carbocycles. The number of hydrogen-bond acceptors (Lipinski definition) is 4. The van der Waals surface area contributed by atoms with Crippen LogP contribution in [0.15, 0.2) is 6.33 Å². The van der Waals surface area contributed by atoms with Crippen LogP contribution in [0.4, 0.5) is 0 Å². The van der Waals surface area contributed by atoms with Gasteiger partial charge in [0.2, 0.25) is 0 Å². The Labute approximate surface area is 114 Å². The maximum Gasteiger partial charge on any atom is 0.279 e. The summed E-state index contributed by atoms with van der Waals surface area (Å²) in [5.41, 5.74) is 0. The van der Waals surface area contributed by atoms with Crippen LogP contribution in [0.1, 0.15) is 37.9 Å². The molecule has 1 fully saturated rings. The largest absolute Gasteiger partial charge is 0.279 e. The Bertz CT molecular complexity index is 467. The molecule has 0 saturated heterocycles. The van der Waals surface area contributed by atoms with Crippen LogP contribution in [0.5, 0.6) is 0 Å². The van der Waals surface area contributed by atoms with Crippen molar-refractivity contribution in [3.8, 4) is 0 Å². The van der Waals surface area contributed by atoms with Gasteiger partial charge in [0.1, 0.15) is 12.2 Å². The highest BCUT2D eigenvalue weighted by atomic mass is 32.2. The summed E-state index contributed by atoms with van der Waals surface area (Å²) < 4.78 is 28.3. The fourth-order valence-corrected chi connectivity index (χ4v) is 3.56. The summed E-state index contributed by atoms with van der Waals surface area (Å²) >= 11 is 0. The fourth-order valence-electron chi connectivity index (χ4n) is 2.39. The van der Waals surface area contributed by atoms with Crippen molar-refractivity contribution in [1.82, 2.24) is 24.2 Å². The first-order chi connectivity index (χ1) is 9.09. The van der Waals surface area contributed by atoms with Gasteiger partial charge < -0.3 is 0 Å². The van der Waals surface area contributed by atoms with Gasteiger partial charge in [-0.15, -0.1) is 0 Å². The van der Waals surface area contributed by atoms with Gasteiger partial charge in [0, 0.05) is 26.1 Å². The predicted octanol–water partition coefficient (Wildman–Crippen LogP) is 0.446. The van der Waals surface area contributed by atoms with Crippen molar-refractivity contribution in [3.05, 3.63) is 12.2 Å². The second-order valence-corrected chi connectivity index (χ2v) is 6.70. The molecule has 108 valence electrons. The Hall–Kier alpha value is -0.990. The number of hydrogen-bond donors (Lipinski definition) is 2. The molecule has 19 heavy (non-hydrogen) atoms.